The first-order valence-electron chi connectivity index (χ1n) is 10.3. The van der Waals surface area contributed by atoms with Crippen molar-refractivity contribution < 1.29 is 17.6 Å². The number of nitrogens with one attached hydrogen (secondary N) is 1. The van der Waals surface area contributed by atoms with Crippen molar-refractivity contribution >= 4 is 44.7 Å². The highest BCUT2D eigenvalue weighted by atomic mass is 35.5. The smallest absolute Gasteiger partial charge is 0.263 e. The van der Waals surface area contributed by atoms with E-state index in [0.717, 1.165) is 11.3 Å². The molecule has 2 aliphatic heterocycles. The van der Waals surface area contributed by atoms with Gasteiger partial charge in [-0.15, -0.1) is 0 Å². The molecule has 1 atom stereocenters. The Morgan fingerprint density at radius 2 is 1.88 bits per heavy atom. The second kappa shape index (κ2) is 8.27. The first kappa shape index (κ1) is 21.6. The quantitative estimate of drug-likeness (QED) is 0.593. The number of aromatic nitrogens is 2. The molecule has 0 unspecified atom stereocenters. The van der Waals surface area contributed by atoms with Crippen LogP contribution in [0.1, 0.15) is 12.0 Å². The van der Waals surface area contributed by atoms with Crippen molar-refractivity contribution in [2.24, 2.45) is 0 Å². The van der Waals surface area contributed by atoms with Gasteiger partial charge in [0.15, 0.2) is 0 Å². The summed E-state index contributed by atoms with van der Waals surface area (Å²) in [5.74, 6) is -0.378. The van der Waals surface area contributed by atoms with Crippen LogP contribution in [0.4, 0.5) is 21.6 Å². The number of sulfonamides is 1. The predicted octanol–water partition coefficient (Wildman–Crippen LogP) is 3.24. The van der Waals surface area contributed by atoms with E-state index in [4.69, 9.17) is 11.6 Å². The third-order valence-corrected chi connectivity index (χ3v) is 7.70. The molecule has 1 fully saturated rings. The van der Waals surface area contributed by atoms with Crippen LogP contribution in [0.5, 0.6) is 0 Å². The molecule has 3 heterocycles. The molecule has 0 saturated carbocycles. The van der Waals surface area contributed by atoms with Crippen molar-refractivity contribution in [2.45, 2.75) is 23.8 Å². The highest BCUT2D eigenvalue weighted by Crippen LogP contribution is 2.38. The van der Waals surface area contributed by atoms with Gasteiger partial charge in [0.1, 0.15) is 24.0 Å². The van der Waals surface area contributed by atoms with Crippen molar-refractivity contribution in [3.8, 4) is 0 Å². The number of nitrogens with zero attached hydrogens (tertiary/aromatic N) is 4. The molecule has 1 N–H and O–H groups in total. The third-order valence-electron chi connectivity index (χ3n) is 5.92. The molecule has 2 aromatic carbocycles. The summed E-state index contributed by atoms with van der Waals surface area (Å²) in [6, 6.07) is 10.2. The van der Waals surface area contributed by atoms with Crippen molar-refractivity contribution in [1.82, 2.24) is 9.97 Å². The van der Waals surface area contributed by atoms with E-state index >= 15 is 0 Å². The zero-order chi connectivity index (χ0) is 23.2. The van der Waals surface area contributed by atoms with Gasteiger partial charge in [-0.1, -0.05) is 11.6 Å². The van der Waals surface area contributed by atoms with Gasteiger partial charge in [0.25, 0.3) is 10.0 Å². The molecule has 0 spiro atoms. The zero-order valence-corrected chi connectivity index (χ0v) is 18.9. The van der Waals surface area contributed by atoms with Crippen molar-refractivity contribution in [1.29, 1.82) is 0 Å². The average Bonchev–Trinajstić information content (AvgIpc) is 3.40. The van der Waals surface area contributed by atoms with Gasteiger partial charge in [-0.2, -0.15) is 0 Å². The van der Waals surface area contributed by atoms with Crippen LogP contribution in [-0.2, 0) is 21.2 Å². The topological polar surface area (TPSA) is 95.5 Å². The lowest BCUT2D eigenvalue weighted by atomic mass is 10.1. The SMILES string of the molecule is O=C1[C@@H](N2CCc3c2ccc(F)c3Cl)CCN1c1ccc(S(=O)(=O)Nc2ccncn2)cc1. The lowest BCUT2D eigenvalue weighted by molar-refractivity contribution is -0.118. The van der Waals surface area contributed by atoms with Crippen LogP contribution >= 0.6 is 11.6 Å². The summed E-state index contributed by atoms with van der Waals surface area (Å²) in [6.07, 6.45) is 3.87. The molecule has 0 bridgehead atoms. The van der Waals surface area contributed by atoms with Gasteiger partial charge in [-0.3, -0.25) is 9.52 Å². The Morgan fingerprint density at radius 1 is 1.09 bits per heavy atom. The van der Waals surface area contributed by atoms with Crippen LogP contribution in [0.2, 0.25) is 5.02 Å². The second-order valence-corrected chi connectivity index (χ2v) is 9.85. The molecule has 2 aliphatic rings. The number of hydrogen-bond acceptors (Lipinski definition) is 6. The van der Waals surface area contributed by atoms with E-state index in [2.05, 4.69) is 14.7 Å². The molecule has 8 nitrogen and oxygen atoms in total. The molecule has 5 rings (SSSR count). The summed E-state index contributed by atoms with van der Waals surface area (Å²) in [5, 5.41) is 0.115. The molecular weight excluding hydrogens is 469 g/mol. The maximum absolute atomic E-state index is 13.8. The standard InChI is InChI=1S/C22H19ClFN5O3S/c23-21-16-8-11-29(18(16)6-5-17(21)24)19-9-12-28(22(19)30)14-1-3-15(4-2-14)33(31,32)27-20-7-10-25-13-26-20/h1-7,10,13,19H,8-9,11-12H2,(H,25,26,27)/t19-/m0/s1. The molecule has 170 valence electrons. The number of carbonyl (C=O) groups is 1. The summed E-state index contributed by atoms with van der Waals surface area (Å²) in [6.45, 7) is 1.09. The van der Waals surface area contributed by atoms with E-state index in [1.54, 1.807) is 23.1 Å². The number of carbonyl (C=O) groups excluding carboxylic acids is 1. The highest BCUT2D eigenvalue weighted by Gasteiger charge is 2.39. The molecule has 3 aromatic rings. The van der Waals surface area contributed by atoms with Crippen molar-refractivity contribution in [2.75, 3.05) is 27.6 Å². The average molecular weight is 488 g/mol. The molecule has 0 aliphatic carbocycles. The van der Waals surface area contributed by atoms with E-state index in [0.29, 0.717) is 31.6 Å². The number of amides is 1. The number of fused-ring (bicyclic) bond motifs is 1. The number of anilines is 3. The van der Waals surface area contributed by atoms with E-state index < -0.39 is 15.8 Å². The maximum atomic E-state index is 13.8. The minimum Gasteiger partial charge on any atom is -0.359 e. The number of benzene rings is 2. The molecule has 0 radical (unpaired) electrons. The van der Waals surface area contributed by atoms with Crippen molar-refractivity contribution in [3.63, 3.8) is 0 Å². The van der Waals surface area contributed by atoms with E-state index in [9.17, 15) is 17.6 Å². The van der Waals surface area contributed by atoms with Crippen LogP contribution in [-0.4, -0.2) is 43.4 Å². The van der Waals surface area contributed by atoms with Crippen LogP contribution < -0.4 is 14.5 Å². The Hall–Kier alpha value is -3.24. The number of halogens is 2. The highest BCUT2D eigenvalue weighted by molar-refractivity contribution is 7.92. The summed E-state index contributed by atoms with van der Waals surface area (Å²) >= 11 is 6.12. The first-order valence-corrected chi connectivity index (χ1v) is 12.1. The van der Waals surface area contributed by atoms with E-state index in [-0.39, 0.29) is 27.7 Å². The summed E-state index contributed by atoms with van der Waals surface area (Å²) in [5.41, 5.74) is 2.13. The summed E-state index contributed by atoms with van der Waals surface area (Å²) in [4.78, 5) is 24.5. The van der Waals surface area contributed by atoms with Crippen LogP contribution in [0.25, 0.3) is 0 Å². The van der Waals surface area contributed by atoms with Gasteiger partial charge in [-0.05, 0) is 60.9 Å². The second-order valence-electron chi connectivity index (χ2n) is 7.79. The largest absolute Gasteiger partial charge is 0.359 e. The molecule has 33 heavy (non-hydrogen) atoms. The normalized spacial score (nSPS) is 18.0. The van der Waals surface area contributed by atoms with Crippen molar-refractivity contribution in [3.05, 3.63) is 71.4 Å². The minimum absolute atomic E-state index is 0.0539. The fraction of sp³-hybridized carbons (Fsp3) is 0.227. The van der Waals surface area contributed by atoms with Crippen LogP contribution in [0.15, 0.2) is 59.9 Å². The molecular formula is C22H19ClFN5O3S. The summed E-state index contributed by atoms with van der Waals surface area (Å²) < 4.78 is 41.4. The summed E-state index contributed by atoms with van der Waals surface area (Å²) in [7, 11) is -3.83. The van der Waals surface area contributed by atoms with Gasteiger partial charge >= 0.3 is 0 Å². The lowest BCUT2D eigenvalue weighted by Gasteiger charge is -2.26. The monoisotopic (exact) mass is 487 g/mol. The Bertz CT molecular complexity index is 1320. The van der Waals surface area contributed by atoms with Gasteiger partial charge in [-0.25, -0.2) is 22.8 Å². The fourth-order valence-corrected chi connectivity index (χ4v) is 5.59. The number of rotatable bonds is 5. The number of hydrogen-bond donors (Lipinski definition) is 1. The minimum atomic E-state index is -3.83. The van der Waals surface area contributed by atoms with Gasteiger partial charge < -0.3 is 9.80 Å². The Morgan fingerprint density at radius 3 is 2.61 bits per heavy atom. The zero-order valence-electron chi connectivity index (χ0n) is 17.3. The van der Waals surface area contributed by atoms with E-state index in [1.165, 1.54) is 36.8 Å². The third kappa shape index (κ3) is 3.89. The molecule has 1 amide bonds. The fourth-order valence-electron chi connectivity index (χ4n) is 4.33. The van der Waals surface area contributed by atoms with Gasteiger partial charge in [0, 0.05) is 30.7 Å². The van der Waals surface area contributed by atoms with Crippen LogP contribution in [0.3, 0.4) is 0 Å². The first-order chi connectivity index (χ1) is 15.8. The lowest BCUT2D eigenvalue weighted by Crippen LogP contribution is -2.41. The Kier molecular flexibility index (Phi) is 5.41. The van der Waals surface area contributed by atoms with Gasteiger partial charge in [0.05, 0.1) is 9.92 Å². The Balaban J connectivity index is 1.33. The van der Waals surface area contributed by atoms with E-state index in [1.807, 2.05) is 4.90 Å². The molecule has 11 heteroatoms. The molecule has 1 aromatic heterocycles. The Labute approximate surface area is 195 Å². The predicted molar refractivity (Wildman–Crippen MR) is 123 cm³/mol. The van der Waals surface area contributed by atoms with Crippen LogP contribution in [0, 0.1) is 5.82 Å². The van der Waals surface area contributed by atoms with Gasteiger partial charge in [0.2, 0.25) is 5.91 Å². The molecule has 1 saturated heterocycles. The maximum Gasteiger partial charge on any atom is 0.263 e.